The Bertz CT molecular complexity index is 554. The summed E-state index contributed by atoms with van der Waals surface area (Å²) in [5.74, 6) is -1.13. The maximum atomic E-state index is 11.7. The Hall–Kier alpha value is -1.64. The number of carboxylic acids is 1. The maximum absolute atomic E-state index is 11.7. The fourth-order valence-corrected chi connectivity index (χ4v) is 2.17. The van der Waals surface area contributed by atoms with E-state index in [-0.39, 0.29) is 16.2 Å². The van der Waals surface area contributed by atoms with Crippen LogP contribution in [-0.2, 0) is 14.9 Å². The smallest absolute Gasteiger partial charge is 0.339 e. The van der Waals surface area contributed by atoms with E-state index in [0.717, 1.165) is 13.2 Å². The summed E-state index contributed by atoms with van der Waals surface area (Å²) >= 11 is 0. The van der Waals surface area contributed by atoms with Gasteiger partial charge in [0.25, 0.3) is 10.0 Å². The zero-order chi connectivity index (χ0) is 14.5. The Morgan fingerprint density at radius 2 is 2.11 bits per heavy atom. The summed E-state index contributed by atoms with van der Waals surface area (Å²) in [6.45, 7) is 2.23. The highest BCUT2D eigenvalue weighted by Gasteiger charge is 2.19. The molecule has 19 heavy (non-hydrogen) atoms. The van der Waals surface area contributed by atoms with Crippen LogP contribution in [0, 0.1) is 0 Å². The molecule has 0 saturated carbocycles. The van der Waals surface area contributed by atoms with E-state index in [1.165, 1.54) is 12.1 Å². The highest BCUT2D eigenvalue weighted by Crippen LogP contribution is 2.23. The van der Waals surface area contributed by atoms with Crippen molar-refractivity contribution in [3.05, 3.63) is 23.8 Å². The van der Waals surface area contributed by atoms with Crippen LogP contribution in [0.5, 0.6) is 5.75 Å². The fraction of sp³-hybridized carbons (Fsp3) is 0.364. The van der Waals surface area contributed by atoms with Crippen molar-refractivity contribution in [2.45, 2.75) is 18.2 Å². The molecule has 1 rings (SSSR count). The number of nitrogens with one attached hydrogen (secondary N) is 1. The van der Waals surface area contributed by atoms with Crippen LogP contribution in [0.3, 0.4) is 0 Å². The van der Waals surface area contributed by atoms with Gasteiger partial charge in [-0.15, -0.1) is 0 Å². The number of carboxylic acid groups (broad SMARTS) is 1. The van der Waals surface area contributed by atoms with Gasteiger partial charge in [-0.3, -0.25) is 4.84 Å². The van der Waals surface area contributed by atoms with Crippen molar-refractivity contribution in [1.82, 2.24) is 4.89 Å². The molecule has 0 spiro atoms. The SMILES string of the molecule is CCCOc1ccc(S(=O)(=O)NOC)cc1C(=O)O. The van der Waals surface area contributed by atoms with E-state index in [1.807, 2.05) is 6.92 Å². The molecule has 0 aliphatic rings. The van der Waals surface area contributed by atoms with E-state index in [4.69, 9.17) is 9.84 Å². The lowest BCUT2D eigenvalue weighted by molar-refractivity contribution is 0.0692. The number of rotatable bonds is 7. The molecule has 0 fully saturated rings. The monoisotopic (exact) mass is 289 g/mol. The predicted molar refractivity (Wildman–Crippen MR) is 66.5 cm³/mol. The molecule has 0 atom stereocenters. The van der Waals surface area contributed by atoms with Crippen LogP contribution >= 0.6 is 0 Å². The fourth-order valence-electron chi connectivity index (χ4n) is 1.34. The van der Waals surface area contributed by atoms with Crippen LogP contribution in [0.15, 0.2) is 23.1 Å². The van der Waals surface area contributed by atoms with Crippen molar-refractivity contribution in [1.29, 1.82) is 0 Å². The molecular weight excluding hydrogens is 274 g/mol. The highest BCUT2D eigenvalue weighted by atomic mass is 32.2. The van der Waals surface area contributed by atoms with E-state index < -0.39 is 16.0 Å². The van der Waals surface area contributed by atoms with Gasteiger partial charge in [-0.05, 0) is 24.6 Å². The summed E-state index contributed by atoms with van der Waals surface area (Å²) < 4.78 is 28.6. The Labute approximate surface area is 111 Å². The normalized spacial score (nSPS) is 11.3. The lowest BCUT2D eigenvalue weighted by Gasteiger charge is -2.10. The molecule has 7 nitrogen and oxygen atoms in total. The summed E-state index contributed by atoms with van der Waals surface area (Å²) in [5.41, 5.74) is -0.215. The summed E-state index contributed by atoms with van der Waals surface area (Å²) in [6.07, 6.45) is 0.713. The molecule has 0 aliphatic heterocycles. The summed E-state index contributed by atoms with van der Waals surface area (Å²) in [6, 6.07) is 3.58. The van der Waals surface area contributed by atoms with Crippen molar-refractivity contribution in [3.8, 4) is 5.75 Å². The lowest BCUT2D eigenvalue weighted by Crippen LogP contribution is -2.22. The van der Waals surface area contributed by atoms with Gasteiger partial charge in [-0.2, -0.15) is 0 Å². The summed E-state index contributed by atoms with van der Waals surface area (Å²) in [4.78, 5) is 17.0. The van der Waals surface area contributed by atoms with Crippen molar-refractivity contribution >= 4 is 16.0 Å². The molecule has 0 aliphatic carbocycles. The van der Waals surface area contributed by atoms with Gasteiger partial charge in [0, 0.05) is 0 Å². The minimum absolute atomic E-state index is 0.130. The average molecular weight is 289 g/mol. The van der Waals surface area contributed by atoms with Crippen LogP contribution in [0.25, 0.3) is 0 Å². The molecule has 0 aromatic heterocycles. The number of sulfonamides is 1. The van der Waals surface area contributed by atoms with Crippen LogP contribution in [0.1, 0.15) is 23.7 Å². The van der Waals surface area contributed by atoms with Gasteiger partial charge < -0.3 is 9.84 Å². The second-order valence-corrected chi connectivity index (χ2v) is 5.25. The molecule has 0 radical (unpaired) electrons. The van der Waals surface area contributed by atoms with E-state index in [0.29, 0.717) is 13.0 Å². The van der Waals surface area contributed by atoms with Gasteiger partial charge in [0.05, 0.1) is 18.6 Å². The first kappa shape index (κ1) is 15.4. The zero-order valence-corrected chi connectivity index (χ0v) is 11.4. The molecular formula is C11H15NO6S. The third kappa shape index (κ3) is 3.91. The van der Waals surface area contributed by atoms with Crippen molar-refractivity contribution in [2.24, 2.45) is 0 Å². The van der Waals surface area contributed by atoms with Gasteiger partial charge in [0.2, 0.25) is 0 Å². The van der Waals surface area contributed by atoms with Gasteiger partial charge >= 0.3 is 5.97 Å². The quantitative estimate of drug-likeness (QED) is 0.726. The molecule has 0 saturated heterocycles. The third-order valence-corrected chi connectivity index (χ3v) is 3.41. The highest BCUT2D eigenvalue weighted by molar-refractivity contribution is 7.89. The van der Waals surface area contributed by atoms with Crippen LogP contribution in [0.4, 0.5) is 0 Å². The van der Waals surface area contributed by atoms with Crippen LogP contribution in [-0.4, -0.2) is 33.2 Å². The Morgan fingerprint density at radius 1 is 1.42 bits per heavy atom. The van der Waals surface area contributed by atoms with Crippen LogP contribution in [0.2, 0.25) is 0 Å². The van der Waals surface area contributed by atoms with Crippen molar-refractivity contribution < 1.29 is 27.9 Å². The van der Waals surface area contributed by atoms with Crippen molar-refractivity contribution in [3.63, 3.8) is 0 Å². The zero-order valence-electron chi connectivity index (χ0n) is 10.5. The first-order chi connectivity index (χ1) is 8.92. The topological polar surface area (TPSA) is 102 Å². The number of aromatic carboxylic acids is 1. The molecule has 0 heterocycles. The third-order valence-electron chi connectivity index (χ3n) is 2.15. The molecule has 8 heteroatoms. The van der Waals surface area contributed by atoms with Gasteiger partial charge in [0.1, 0.15) is 11.3 Å². The van der Waals surface area contributed by atoms with E-state index >= 15 is 0 Å². The van der Waals surface area contributed by atoms with Crippen LogP contribution < -0.4 is 9.62 Å². The van der Waals surface area contributed by atoms with E-state index in [9.17, 15) is 13.2 Å². The maximum Gasteiger partial charge on any atom is 0.339 e. The largest absolute Gasteiger partial charge is 0.493 e. The first-order valence-corrected chi connectivity index (χ1v) is 6.95. The minimum Gasteiger partial charge on any atom is -0.493 e. The molecule has 0 bridgehead atoms. The molecule has 106 valence electrons. The predicted octanol–water partition coefficient (Wildman–Crippen LogP) is 1.01. The standard InChI is InChI=1S/C11H15NO6S/c1-3-6-18-10-5-4-8(7-9(10)11(13)14)19(15,16)12-17-2/h4-5,7,12H,3,6H2,1-2H3,(H,13,14). The Morgan fingerprint density at radius 3 is 2.63 bits per heavy atom. The number of hydrogen-bond acceptors (Lipinski definition) is 5. The lowest BCUT2D eigenvalue weighted by atomic mass is 10.2. The molecule has 0 unspecified atom stereocenters. The summed E-state index contributed by atoms with van der Waals surface area (Å²) in [7, 11) is -2.75. The van der Waals surface area contributed by atoms with Crippen molar-refractivity contribution in [2.75, 3.05) is 13.7 Å². The van der Waals surface area contributed by atoms with Gasteiger partial charge in [0.15, 0.2) is 0 Å². The number of carbonyl (C=O) groups is 1. The first-order valence-electron chi connectivity index (χ1n) is 5.47. The number of ether oxygens (including phenoxy) is 1. The number of hydrogen-bond donors (Lipinski definition) is 2. The van der Waals surface area contributed by atoms with Gasteiger partial charge in [-0.25, -0.2) is 13.2 Å². The Balaban J connectivity index is 3.20. The number of benzene rings is 1. The summed E-state index contributed by atoms with van der Waals surface area (Å²) in [5, 5.41) is 9.06. The molecule has 1 aromatic carbocycles. The molecule has 0 amide bonds. The average Bonchev–Trinajstić information content (AvgIpc) is 2.35. The minimum atomic E-state index is -3.89. The molecule has 1 aromatic rings. The second-order valence-electron chi connectivity index (χ2n) is 3.60. The van der Waals surface area contributed by atoms with E-state index in [2.05, 4.69) is 4.84 Å². The van der Waals surface area contributed by atoms with Gasteiger partial charge in [-0.1, -0.05) is 11.8 Å². The van der Waals surface area contributed by atoms with E-state index in [1.54, 1.807) is 4.89 Å². The Kier molecular flexibility index (Phi) is 5.28. The molecule has 2 N–H and O–H groups in total. The second kappa shape index (κ2) is 6.50.